The van der Waals surface area contributed by atoms with Crippen LogP contribution in [0.5, 0.6) is 5.75 Å². The number of nitrogen functional groups attached to an aromatic ring is 1. The summed E-state index contributed by atoms with van der Waals surface area (Å²) in [4.78, 5) is 4.06. The van der Waals surface area contributed by atoms with Crippen LogP contribution in [-0.2, 0) is 0 Å². The Morgan fingerprint density at radius 3 is 2.80 bits per heavy atom. The lowest BCUT2D eigenvalue weighted by Gasteiger charge is -2.21. The summed E-state index contributed by atoms with van der Waals surface area (Å²) >= 11 is 5.99. The molecule has 106 valence electrons. The van der Waals surface area contributed by atoms with E-state index in [9.17, 15) is 0 Å². The second-order valence-corrected chi connectivity index (χ2v) is 4.63. The summed E-state index contributed by atoms with van der Waals surface area (Å²) in [6, 6.07) is 9.03. The fourth-order valence-electron chi connectivity index (χ4n) is 2.05. The highest BCUT2D eigenvalue weighted by Crippen LogP contribution is 2.32. The van der Waals surface area contributed by atoms with E-state index in [2.05, 4.69) is 10.4 Å². The van der Waals surface area contributed by atoms with Crippen LogP contribution in [0.25, 0.3) is 0 Å². The maximum absolute atomic E-state index is 5.99. The molecule has 6 heteroatoms. The number of pyridine rings is 1. The molecule has 0 bridgehead atoms. The summed E-state index contributed by atoms with van der Waals surface area (Å²) < 4.78 is 5.62. The molecule has 0 amide bonds. The molecule has 1 unspecified atom stereocenters. The van der Waals surface area contributed by atoms with Gasteiger partial charge in [0.25, 0.3) is 0 Å². The van der Waals surface area contributed by atoms with Crippen molar-refractivity contribution in [2.24, 2.45) is 5.84 Å². The zero-order chi connectivity index (χ0) is 14.5. The molecule has 0 spiro atoms. The maximum Gasteiger partial charge on any atom is 0.128 e. The Bertz CT molecular complexity index is 591. The average Bonchev–Trinajstić information content (AvgIpc) is 2.45. The average molecular weight is 293 g/mol. The zero-order valence-electron chi connectivity index (χ0n) is 11.1. The standard InChI is InChI=1S/C14H17ClN4O/c1-2-20-12-6-4-3-5-10(12)13(19-17)11-7-9(15)8-18-14(11)16/h3-8,13,19H,2,17H2,1H3,(H2,16,18). The number of anilines is 1. The second-order valence-electron chi connectivity index (χ2n) is 4.20. The molecule has 2 aromatic rings. The molecule has 0 aliphatic carbocycles. The van der Waals surface area contributed by atoms with E-state index in [0.29, 0.717) is 23.0 Å². The van der Waals surface area contributed by atoms with Gasteiger partial charge in [-0.1, -0.05) is 29.8 Å². The van der Waals surface area contributed by atoms with Crippen molar-refractivity contribution in [3.05, 3.63) is 52.7 Å². The maximum atomic E-state index is 5.99. The molecule has 0 saturated heterocycles. The lowest BCUT2D eigenvalue weighted by atomic mass is 9.99. The molecule has 0 fully saturated rings. The summed E-state index contributed by atoms with van der Waals surface area (Å²) in [7, 11) is 0. The quantitative estimate of drug-likeness (QED) is 0.581. The first-order valence-corrected chi connectivity index (χ1v) is 6.64. The molecule has 1 heterocycles. The van der Waals surface area contributed by atoms with Gasteiger partial charge in [0, 0.05) is 17.3 Å². The van der Waals surface area contributed by atoms with Crippen molar-refractivity contribution in [1.29, 1.82) is 0 Å². The summed E-state index contributed by atoms with van der Waals surface area (Å²) in [5.41, 5.74) is 10.3. The summed E-state index contributed by atoms with van der Waals surface area (Å²) in [6.07, 6.45) is 1.50. The van der Waals surface area contributed by atoms with E-state index in [1.54, 1.807) is 6.07 Å². The summed E-state index contributed by atoms with van der Waals surface area (Å²) in [6.45, 7) is 2.49. The van der Waals surface area contributed by atoms with Gasteiger partial charge in [-0.25, -0.2) is 10.4 Å². The van der Waals surface area contributed by atoms with E-state index in [0.717, 1.165) is 11.3 Å². The molecule has 0 aliphatic heterocycles. The van der Waals surface area contributed by atoms with Crippen molar-refractivity contribution in [3.63, 3.8) is 0 Å². The van der Waals surface area contributed by atoms with Crippen molar-refractivity contribution in [2.75, 3.05) is 12.3 Å². The number of nitrogens with one attached hydrogen (secondary N) is 1. The van der Waals surface area contributed by atoms with Gasteiger partial charge in [0.2, 0.25) is 0 Å². The number of hydrogen-bond acceptors (Lipinski definition) is 5. The van der Waals surface area contributed by atoms with Gasteiger partial charge < -0.3 is 10.5 Å². The molecular weight excluding hydrogens is 276 g/mol. The minimum atomic E-state index is -0.344. The monoisotopic (exact) mass is 292 g/mol. The van der Waals surface area contributed by atoms with E-state index < -0.39 is 0 Å². The largest absolute Gasteiger partial charge is 0.494 e. The zero-order valence-corrected chi connectivity index (χ0v) is 11.9. The smallest absolute Gasteiger partial charge is 0.128 e. The van der Waals surface area contributed by atoms with Crippen LogP contribution in [0.2, 0.25) is 5.02 Å². The highest BCUT2D eigenvalue weighted by molar-refractivity contribution is 6.30. The van der Waals surface area contributed by atoms with Gasteiger partial charge in [-0.3, -0.25) is 5.84 Å². The lowest BCUT2D eigenvalue weighted by molar-refractivity contribution is 0.333. The SMILES string of the molecule is CCOc1ccccc1C(NN)c1cc(Cl)cnc1N. The number of nitrogens with two attached hydrogens (primary N) is 2. The number of halogens is 1. The first-order valence-electron chi connectivity index (χ1n) is 6.26. The Kier molecular flexibility index (Phi) is 4.79. The highest BCUT2D eigenvalue weighted by atomic mass is 35.5. The third-order valence-electron chi connectivity index (χ3n) is 2.92. The molecule has 1 atom stereocenters. The molecule has 1 aromatic heterocycles. The number of benzene rings is 1. The first kappa shape index (κ1) is 14.6. The van der Waals surface area contributed by atoms with Crippen LogP contribution in [0.3, 0.4) is 0 Å². The molecule has 1 aromatic carbocycles. The minimum Gasteiger partial charge on any atom is -0.494 e. The van der Waals surface area contributed by atoms with Gasteiger partial charge in [-0.2, -0.15) is 0 Å². The van der Waals surface area contributed by atoms with Crippen LogP contribution in [0.4, 0.5) is 5.82 Å². The second kappa shape index (κ2) is 6.56. The van der Waals surface area contributed by atoms with Gasteiger partial charge >= 0.3 is 0 Å². The van der Waals surface area contributed by atoms with Crippen molar-refractivity contribution < 1.29 is 4.74 Å². The Labute approximate surface area is 122 Å². The van der Waals surface area contributed by atoms with Gasteiger partial charge in [0.15, 0.2) is 0 Å². The third-order valence-corrected chi connectivity index (χ3v) is 3.13. The van der Waals surface area contributed by atoms with Crippen LogP contribution in [0, 0.1) is 0 Å². The van der Waals surface area contributed by atoms with Crippen molar-refractivity contribution in [2.45, 2.75) is 13.0 Å². The summed E-state index contributed by atoms with van der Waals surface area (Å²) in [5.74, 6) is 6.81. The van der Waals surface area contributed by atoms with Crippen LogP contribution in [-0.4, -0.2) is 11.6 Å². The summed E-state index contributed by atoms with van der Waals surface area (Å²) in [5, 5.41) is 0.503. The fourth-order valence-corrected chi connectivity index (χ4v) is 2.22. The number of rotatable bonds is 5. The highest BCUT2D eigenvalue weighted by Gasteiger charge is 2.20. The first-order chi connectivity index (χ1) is 9.67. The Morgan fingerprint density at radius 2 is 2.10 bits per heavy atom. The number of hydrogen-bond donors (Lipinski definition) is 3. The van der Waals surface area contributed by atoms with Gasteiger partial charge in [0.05, 0.1) is 17.7 Å². The third kappa shape index (κ3) is 3.01. The van der Waals surface area contributed by atoms with Crippen molar-refractivity contribution in [3.8, 4) is 5.75 Å². The molecular formula is C14H17ClN4O. The number of hydrazine groups is 1. The molecule has 20 heavy (non-hydrogen) atoms. The number of aromatic nitrogens is 1. The van der Waals surface area contributed by atoms with Crippen LogP contribution in [0.15, 0.2) is 36.5 Å². The minimum absolute atomic E-state index is 0.344. The van der Waals surface area contributed by atoms with Gasteiger partial charge in [-0.15, -0.1) is 0 Å². The molecule has 5 N–H and O–H groups in total. The topological polar surface area (TPSA) is 86.2 Å². The number of nitrogens with zero attached hydrogens (tertiary/aromatic N) is 1. The normalized spacial score (nSPS) is 12.2. The number of ether oxygens (including phenoxy) is 1. The fraction of sp³-hybridized carbons (Fsp3) is 0.214. The molecule has 0 radical (unpaired) electrons. The van der Waals surface area contributed by atoms with E-state index in [1.165, 1.54) is 6.20 Å². The van der Waals surface area contributed by atoms with E-state index in [4.69, 9.17) is 27.9 Å². The predicted molar refractivity (Wildman–Crippen MR) is 80.4 cm³/mol. The van der Waals surface area contributed by atoms with Crippen LogP contribution in [0.1, 0.15) is 24.1 Å². The molecule has 0 aliphatic rings. The number of para-hydroxylation sites is 1. The Balaban J connectivity index is 2.49. The van der Waals surface area contributed by atoms with Crippen LogP contribution < -0.4 is 21.7 Å². The van der Waals surface area contributed by atoms with Gasteiger partial charge in [0.1, 0.15) is 11.6 Å². The van der Waals surface area contributed by atoms with Crippen molar-refractivity contribution >= 4 is 17.4 Å². The Hall–Kier alpha value is -1.82. The van der Waals surface area contributed by atoms with Crippen molar-refractivity contribution in [1.82, 2.24) is 10.4 Å². The van der Waals surface area contributed by atoms with E-state index in [-0.39, 0.29) is 6.04 Å². The predicted octanol–water partition coefficient (Wildman–Crippen LogP) is 2.27. The van der Waals surface area contributed by atoms with Gasteiger partial charge in [-0.05, 0) is 19.1 Å². The lowest BCUT2D eigenvalue weighted by Crippen LogP contribution is -2.30. The van der Waals surface area contributed by atoms with E-state index in [1.807, 2.05) is 31.2 Å². The van der Waals surface area contributed by atoms with E-state index >= 15 is 0 Å². The molecule has 0 saturated carbocycles. The molecule has 5 nitrogen and oxygen atoms in total. The van der Waals surface area contributed by atoms with Crippen LogP contribution >= 0.6 is 11.6 Å². The molecule has 2 rings (SSSR count). The Morgan fingerprint density at radius 1 is 1.35 bits per heavy atom.